The molecule has 0 aliphatic heterocycles. The van der Waals surface area contributed by atoms with Gasteiger partial charge in [0.05, 0.1) is 16.9 Å². The van der Waals surface area contributed by atoms with Crippen LogP contribution < -0.4 is 5.32 Å². The number of nitrogens with zero attached hydrogens (tertiary/aromatic N) is 3. The molecule has 0 radical (unpaired) electrons. The minimum absolute atomic E-state index is 0.172. The first-order chi connectivity index (χ1) is 9.69. The maximum atomic E-state index is 11.9. The molecule has 0 unspecified atom stereocenters. The Morgan fingerprint density at radius 2 is 2.40 bits per heavy atom. The molecule has 106 valence electrons. The number of aromatic nitrogens is 3. The molecule has 2 aromatic heterocycles. The standard InChI is InChI=1S/C14H18N4OS/c1-3-4-9-18-13(7-8-15-18)17-14(19)6-5-12-10-20-11(2)16-12/h5-8,10H,3-4,9H2,1-2H3,(H,17,19)/b6-5+. The number of nitrogens with one attached hydrogen (secondary N) is 1. The molecule has 2 heterocycles. The van der Waals surface area contributed by atoms with Gasteiger partial charge in [-0.25, -0.2) is 9.67 Å². The van der Waals surface area contributed by atoms with Crippen LogP contribution in [0.4, 0.5) is 5.82 Å². The largest absolute Gasteiger partial charge is 0.307 e. The number of unbranched alkanes of at least 4 members (excludes halogenated alkanes) is 1. The number of amides is 1. The van der Waals surface area contributed by atoms with Crippen LogP contribution in [-0.4, -0.2) is 20.7 Å². The Balaban J connectivity index is 1.94. The third kappa shape index (κ3) is 4.03. The lowest BCUT2D eigenvalue weighted by Gasteiger charge is -2.06. The molecule has 0 saturated carbocycles. The summed E-state index contributed by atoms with van der Waals surface area (Å²) >= 11 is 1.56. The van der Waals surface area contributed by atoms with E-state index in [1.165, 1.54) is 6.08 Å². The van der Waals surface area contributed by atoms with Gasteiger partial charge < -0.3 is 5.32 Å². The lowest BCUT2D eigenvalue weighted by molar-refractivity contribution is -0.111. The zero-order chi connectivity index (χ0) is 14.4. The van der Waals surface area contributed by atoms with E-state index in [1.54, 1.807) is 29.7 Å². The molecule has 0 fully saturated rings. The molecule has 1 amide bonds. The van der Waals surface area contributed by atoms with Crippen molar-refractivity contribution in [3.63, 3.8) is 0 Å². The number of anilines is 1. The number of carbonyl (C=O) groups is 1. The Morgan fingerprint density at radius 1 is 1.55 bits per heavy atom. The van der Waals surface area contributed by atoms with Crippen molar-refractivity contribution in [1.82, 2.24) is 14.8 Å². The number of carbonyl (C=O) groups excluding carboxylic acids is 1. The second kappa shape index (κ2) is 7.00. The Labute approximate surface area is 122 Å². The Morgan fingerprint density at radius 3 is 3.10 bits per heavy atom. The van der Waals surface area contributed by atoms with Crippen molar-refractivity contribution in [1.29, 1.82) is 0 Å². The van der Waals surface area contributed by atoms with Gasteiger partial charge in [-0.2, -0.15) is 5.10 Å². The molecule has 2 aromatic rings. The van der Waals surface area contributed by atoms with Crippen molar-refractivity contribution in [2.75, 3.05) is 5.32 Å². The Hall–Kier alpha value is -1.95. The molecule has 20 heavy (non-hydrogen) atoms. The van der Waals surface area contributed by atoms with Gasteiger partial charge in [0, 0.05) is 24.1 Å². The summed E-state index contributed by atoms with van der Waals surface area (Å²) in [5.41, 5.74) is 0.808. The summed E-state index contributed by atoms with van der Waals surface area (Å²) in [7, 11) is 0. The molecule has 0 aliphatic rings. The van der Waals surface area contributed by atoms with Gasteiger partial charge in [0.25, 0.3) is 0 Å². The summed E-state index contributed by atoms with van der Waals surface area (Å²) < 4.78 is 1.81. The molecule has 1 N–H and O–H groups in total. The van der Waals surface area contributed by atoms with Gasteiger partial charge in [0.15, 0.2) is 0 Å². The Kier molecular flexibility index (Phi) is 5.06. The van der Waals surface area contributed by atoms with E-state index in [0.717, 1.165) is 35.9 Å². The molecule has 2 rings (SSSR count). The summed E-state index contributed by atoms with van der Waals surface area (Å²) in [5.74, 6) is 0.552. The molecular formula is C14H18N4OS. The number of thiazole rings is 1. The van der Waals surface area contributed by atoms with Gasteiger partial charge in [-0.1, -0.05) is 13.3 Å². The van der Waals surface area contributed by atoms with Gasteiger partial charge >= 0.3 is 0 Å². The first-order valence-corrected chi connectivity index (χ1v) is 7.50. The second-order valence-electron chi connectivity index (χ2n) is 4.41. The van der Waals surface area contributed by atoms with Gasteiger partial charge in [0.1, 0.15) is 5.82 Å². The highest BCUT2D eigenvalue weighted by molar-refractivity contribution is 7.09. The molecule has 0 saturated heterocycles. The van der Waals surface area contributed by atoms with Crippen molar-refractivity contribution in [3.8, 4) is 0 Å². The fraction of sp³-hybridized carbons (Fsp3) is 0.357. The van der Waals surface area contributed by atoms with E-state index in [1.807, 2.05) is 17.0 Å². The van der Waals surface area contributed by atoms with Crippen LogP contribution in [0.1, 0.15) is 30.5 Å². The van der Waals surface area contributed by atoms with Crippen molar-refractivity contribution in [2.24, 2.45) is 0 Å². The van der Waals surface area contributed by atoms with Gasteiger partial charge in [-0.3, -0.25) is 4.79 Å². The highest BCUT2D eigenvalue weighted by atomic mass is 32.1. The predicted molar refractivity (Wildman–Crippen MR) is 81.6 cm³/mol. The van der Waals surface area contributed by atoms with Gasteiger partial charge in [-0.05, 0) is 19.4 Å². The third-order valence-corrected chi connectivity index (χ3v) is 3.53. The SMILES string of the molecule is CCCCn1nccc1NC(=O)/C=C/c1csc(C)n1. The van der Waals surface area contributed by atoms with E-state index in [-0.39, 0.29) is 5.91 Å². The van der Waals surface area contributed by atoms with Crippen LogP contribution in [0.25, 0.3) is 6.08 Å². The summed E-state index contributed by atoms with van der Waals surface area (Å²) in [4.78, 5) is 16.1. The zero-order valence-corrected chi connectivity index (χ0v) is 12.5. The summed E-state index contributed by atoms with van der Waals surface area (Å²) in [6.07, 6.45) is 7.03. The summed E-state index contributed by atoms with van der Waals surface area (Å²) in [5, 5.41) is 9.93. The minimum Gasteiger partial charge on any atom is -0.307 e. The fourth-order valence-electron chi connectivity index (χ4n) is 1.71. The molecule has 0 bridgehead atoms. The first-order valence-electron chi connectivity index (χ1n) is 6.62. The van der Waals surface area contributed by atoms with Crippen molar-refractivity contribution in [3.05, 3.63) is 34.4 Å². The van der Waals surface area contributed by atoms with Crippen LogP contribution in [0.3, 0.4) is 0 Å². The first kappa shape index (κ1) is 14.5. The zero-order valence-electron chi connectivity index (χ0n) is 11.7. The number of hydrogen-bond acceptors (Lipinski definition) is 4. The van der Waals surface area contributed by atoms with Crippen LogP contribution in [0, 0.1) is 6.92 Å². The number of aryl methyl sites for hydroxylation is 2. The van der Waals surface area contributed by atoms with Crippen LogP contribution in [0.15, 0.2) is 23.7 Å². The van der Waals surface area contributed by atoms with Crippen LogP contribution >= 0.6 is 11.3 Å². The van der Waals surface area contributed by atoms with Crippen molar-refractivity contribution < 1.29 is 4.79 Å². The van der Waals surface area contributed by atoms with Gasteiger partial charge in [0.2, 0.25) is 5.91 Å². The molecular weight excluding hydrogens is 272 g/mol. The summed E-state index contributed by atoms with van der Waals surface area (Å²) in [6.45, 7) is 4.88. The van der Waals surface area contributed by atoms with Crippen LogP contribution in [0.5, 0.6) is 0 Å². The highest BCUT2D eigenvalue weighted by Crippen LogP contribution is 2.10. The van der Waals surface area contributed by atoms with Gasteiger partial charge in [-0.15, -0.1) is 11.3 Å². The van der Waals surface area contributed by atoms with Crippen molar-refractivity contribution >= 4 is 29.1 Å². The monoisotopic (exact) mass is 290 g/mol. The van der Waals surface area contributed by atoms with E-state index in [2.05, 4.69) is 22.3 Å². The molecule has 0 aromatic carbocycles. The third-order valence-electron chi connectivity index (χ3n) is 2.73. The van der Waals surface area contributed by atoms with Crippen LogP contribution in [-0.2, 0) is 11.3 Å². The average molecular weight is 290 g/mol. The fourth-order valence-corrected chi connectivity index (χ4v) is 2.29. The number of hydrogen-bond donors (Lipinski definition) is 1. The topological polar surface area (TPSA) is 59.8 Å². The van der Waals surface area contributed by atoms with E-state index < -0.39 is 0 Å². The molecule has 0 aliphatic carbocycles. The quantitative estimate of drug-likeness (QED) is 0.832. The molecule has 0 atom stereocenters. The Bertz CT molecular complexity index is 600. The molecule has 5 nitrogen and oxygen atoms in total. The normalized spacial score (nSPS) is 11.1. The van der Waals surface area contributed by atoms with E-state index >= 15 is 0 Å². The van der Waals surface area contributed by atoms with E-state index in [9.17, 15) is 4.79 Å². The van der Waals surface area contributed by atoms with E-state index in [4.69, 9.17) is 0 Å². The highest BCUT2D eigenvalue weighted by Gasteiger charge is 2.04. The van der Waals surface area contributed by atoms with E-state index in [0.29, 0.717) is 0 Å². The second-order valence-corrected chi connectivity index (χ2v) is 5.47. The molecule has 0 spiro atoms. The maximum absolute atomic E-state index is 11.9. The minimum atomic E-state index is -0.172. The number of rotatable bonds is 6. The lowest BCUT2D eigenvalue weighted by atomic mass is 10.3. The predicted octanol–water partition coefficient (Wildman–Crippen LogP) is 3.10. The maximum Gasteiger partial charge on any atom is 0.249 e. The summed E-state index contributed by atoms with van der Waals surface area (Å²) in [6, 6.07) is 1.80. The van der Waals surface area contributed by atoms with Crippen LogP contribution in [0.2, 0.25) is 0 Å². The smallest absolute Gasteiger partial charge is 0.249 e. The lowest BCUT2D eigenvalue weighted by Crippen LogP contribution is -2.13. The average Bonchev–Trinajstić information content (AvgIpc) is 3.03. The van der Waals surface area contributed by atoms with Crippen molar-refractivity contribution in [2.45, 2.75) is 33.2 Å². The molecule has 6 heteroatoms.